The Morgan fingerprint density at radius 1 is 1.32 bits per heavy atom. The number of ether oxygens (including phenoxy) is 2. The zero-order valence-corrected chi connectivity index (χ0v) is 13.4. The molecule has 0 aromatic carbocycles. The summed E-state index contributed by atoms with van der Waals surface area (Å²) in [6.45, 7) is 5.08. The molecule has 1 atom stereocenters. The van der Waals surface area contributed by atoms with E-state index < -0.39 is 12.0 Å². The van der Waals surface area contributed by atoms with Crippen LogP contribution in [0.1, 0.15) is 38.3 Å². The molecule has 0 spiro atoms. The summed E-state index contributed by atoms with van der Waals surface area (Å²) in [5.74, 6) is -0.572. The predicted octanol–water partition coefficient (Wildman–Crippen LogP) is 1.96. The molecule has 0 aliphatic rings. The average molecular weight is 308 g/mol. The zero-order valence-electron chi connectivity index (χ0n) is 13.4. The van der Waals surface area contributed by atoms with E-state index in [0.717, 1.165) is 0 Å². The topological polar surface area (TPSA) is 68.7 Å². The van der Waals surface area contributed by atoms with Gasteiger partial charge in [0.15, 0.2) is 6.04 Å². The van der Waals surface area contributed by atoms with Crippen molar-refractivity contribution in [1.82, 2.24) is 9.88 Å². The molecular formula is C16H24N2O4. The highest BCUT2D eigenvalue weighted by Gasteiger charge is 2.29. The molecule has 6 heteroatoms. The molecule has 0 aliphatic heterocycles. The summed E-state index contributed by atoms with van der Waals surface area (Å²) >= 11 is 0. The third-order valence-electron chi connectivity index (χ3n) is 3.17. The minimum atomic E-state index is -0.770. The molecule has 122 valence electrons. The molecule has 0 aliphatic carbocycles. The quantitative estimate of drug-likeness (QED) is 0.515. The number of aromatic nitrogens is 1. The number of rotatable bonds is 9. The van der Waals surface area contributed by atoms with Gasteiger partial charge in [0.05, 0.1) is 6.61 Å². The fraction of sp³-hybridized carbons (Fsp3) is 0.562. The van der Waals surface area contributed by atoms with Gasteiger partial charge in [-0.25, -0.2) is 4.79 Å². The Morgan fingerprint density at radius 2 is 2.09 bits per heavy atom. The number of likely N-dealkylation sites (N-methyl/N-ethyl adjacent to an activating group) is 1. The third-order valence-corrected chi connectivity index (χ3v) is 3.17. The maximum Gasteiger partial charge on any atom is 0.333 e. The smallest absolute Gasteiger partial charge is 0.333 e. The highest BCUT2D eigenvalue weighted by Crippen LogP contribution is 2.21. The van der Waals surface area contributed by atoms with E-state index in [-0.39, 0.29) is 12.5 Å². The number of amides is 1. The van der Waals surface area contributed by atoms with E-state index in [1.165, 1.54) is 4.90 Å². The van der Waals surface area contributed by atoms with Gasteiger partial charge < -0.3 is 14.4 Å². The molecule has 6 nitrogen and oxygen atoms in total. The van der Waals surface area contributed by atoms with Gasteiger partial charge in [-0.3, -0.25) is 9.78 Å². The molecule has 0 radical (unpaired) electrons. The van der Waals surface area contributed by atoms with Gasteiger partial charge in [0, 0.05) is 44.6 Å². The van der Waals surface area contributed by atoms with Crippen molar-refractivity contribution in [3.63, 3.8) is 0 Å². The van der Waals surface area contributed by atoms with Gasteiger partial charge in [0.2, 0.25) is 5.91 Å². The van der Waals surface area contributed by atoms with E-state index in [1.807, 2.05) is 6.92 Å². The second-order valence-electron chi connectivity index (χ2n) is 4.75. The molecule has 1 aromatic rings. The molecule has 1 amide bonds. The summed E-state index contributed by atoms with van der Waals surface area (Å²) in [7, 11) is 1.61. The maximum atomic E-state index is 12.3. The molecule has 0 bridgehead atoms. The fourth-order valence-corrected chi connectivity index (χ4v) is 2.07. The monoisotopic (exact) mass is 308 g/mol. The number of nitrogens with zero attached hydrogens (tertiary/aromatic N) is 2. The molecule has 0 N–H and O–H groups in total. The Kier molecular flexibility index (Phi) is 8.14. The van der Waals surface area contributed by atoms with Crippen molar-refractivity contribution in [2.24, 2.45) is 0 Å². The molecule has 1 heterocycles. The molecule has 1 rings (SSSR count). The van der Waals surface area contributed by atoms with E-state index in [9.17, 15) is 9.59 Å². The summed E-state index contributed by atoms with van der Waals surface area (Å²) in [5.41, 5.74) is 0.640. The Hall–Kier alpha value is -1.95. The molecule has 1 unspecified atom stereocenters. The summed E-state index contributed by atoms with van der Waals surface area (Å²) in [6.07, 6.45) is 4.15. The lowest BCUT2D eigenvalue weighted by Gasteiger charge is -2.26. The van der Waals surface area contributed by atoms with E-state index in [2.05, 4.69) is 4.98 Å². The van der Waals surface area contributed by atoms with Crippen LogP contribution in [0.4, 0.5) is 0 Å². The first-order chi connectivity index (χ1) is 10.6. The normalized spacial score (nSPS) is 11.8. The highest BCUT2D eigenvalue weighted by molar-refractivity contribution is 5.85. The van der Waals surface area contributed by atoms with Crippen molar-refractivity contribution in [2.75, 3.05) is 26.9 Å². The standard InChI is InChI=1S/C16H24N2O4/c1-4-21-11-7-9-14(19)18(3)15(16(20)22-5-2)13-8-6-10-17-12-13/h6,8,10,12,15H,4-5,7,9,11H2,1-3H3. The Bertz CT molecular complexity index is 464. The van der Waals surface area contributed by atoms with Crippen LogP contribution in [-0.4, -0.2) is 48.6 Å². The van der Waals surface area contributed by atoms with Crippen LogP contribution in [0.2, 0.25) is 0 Å². The second kappa shape index (κ2) is 9.89. The first-order valence-corrected chi connectivity index (χ1v) is 7.51. The molecule has 22 heavy (non-hydrogen) atoms. The zero-order chi connectivity index (χ0) is 16.4. The van der Waals surface area contributed by atoms with Gasteiger partial charge >= 0.3 is 5.97 Å². The van der Waals surface area contributed by atoms with Crippen molar-refractivity contribution < 1.29 is 19.1 Å². The molecule has 0 saturated carbocycles. The molecular weight excluding hydrogens is 284 g/mol. The van der Waals surface area contributed by atoms with Crippen molar-refractivity contribution >= 4 is 11.9 Å². The van der Waals surface area contributed by atoms with Crippen LogP contribution in [0.5, 0.6) is 0 Å². The molecule has 0 fully saturated rings. The maximum absolute atomic E-state index is 12.3. The lowest BCUT2D eigenvalue weighted by atomic mass is 10.1. The first kappa shape index (κ1) is 18.1. The van der Waals surface area contributed by atoms with Gasteiger partial charge in [-0.05, 0) is 26.3 Å². The Labute approximate surface area is 131 Å². The minimum Gasteiger partial charge on any atom is -0.464 e. The fourth-order valence-electron chi connectivity index (χ4n) is 2.07. The molecule has 1 aromatic heterocycles. The van der Waals surface area contributed by atoms with Gasteiger partial charge in [-0.2, -0.15) is 0 Å². The van der Waals surface area contributed by atoms with Crippen LogP contribution in [0.15, 0.2) is 24.5 Å². The number of pyridine rings is 1. The van der Waals surface area contributed by atoms with Gasteiger partial charge in [-0.1, -0.05) is 6.07 Å². The van der Waals surface area contributed by atoms with Crippen molar-refractivity contribution in [3.8, 4) is 0 Å². The SMILES string of the molecule is CCOCCCC(=O)N(C)C(C(=O)OCC)c1cccnc1. The van der Waals surface area contributed by atoms with Crippen LogP contribution in [0, 0.1) is 0 Å². The Balaban J connectivity index is 2.77. The van der Waals surface area contributed by atoms with Crippen LogP contribution in [-0.2, 0) is 19.1 Å². The largest absolute Gasteiger partial charge is 0.464 e. The summed E-state index contributed by atoms with van der Waals surface area (Å²) in [4.78, 5) is 29.9. The predicted molar refractivity (Wildman–Crippen MR) is 82.1 cm³/mol. The number of carbonyl (C=O) groups excluding carboxylic acids is 2. The first-order valence-electron chi connectivity index (χ1n) is 7.51. The average Bonchev–Trinajstić information content (AvgIpc) is 2.53. The van der Waals surface area contributed by atoms with Crippen LogP contribution in [0.3, 0.4) is 0 Å². The van der Waals surface area contributed by atoms with E-state index in [1.54, 1.807) is 38.5 Å². The summed E-state index contributed by atoms with van der Waals surface area (Å²) < 4.78 is 10.3. The third kappa shape index (κ3) is 5.44. The number of esters is 1. The minimum absolute atomic E-state index is 0.124. The number of hydrogen-bond acceptors (Lipinski definition) is 5. The lowest BCUT2D eigenvalue weighted by Crippen LogP contribution is -2.37. The van der Waals surface area contributed by atoms with E-state index >= 15 is 0 Å². The van der Waals surface area contributed by atoms with Gasteiger partial charge in [0.1, 0.15) is 0 Å². The number of carbonyl (C=O) groups is 2. The van der Waals surface area contributed by atoms with Crippen LogP contribution >= 0.6 is 0 Å². The molecule has 0 saturated heterocycles. The number of hydrogen-bond donors (Lipinski definition) is 0. The van der Waals surface area contributed by atoms with E-state index in [0.29, 0.717) is 31.6 Å². The van der Waals surface area contributed by atoms with Crippen molar-refractivity contribution in [3.05, 3.63) is 30.1 Å². The highest BCUT2D eigenvalue weighted by atomic mass is 16.5. The van der Waals surface area contributed by atoms with Gasteiger partial charge in [-0.15, -0.1) is 0 Å². The van der Waals surface area contributed by atoms with E-state index in [4.69, 9.17) is 9.47 Å². The van der Waals surface area contributed by atoms with Crippen molar-refractivity contribution in [2.45, 2.75) is 32.7 Å². The summed E-state index contributed by atoms with van der Waals surface area (Å²) in [6, 6.07) is 2.72. The van der Waals surface area contributed by atoms with Crippen molar-refractivity contribution in [1.29, 1.82) is 0 Å². The van der Waals surface area contributed by atoms with Crippen LogP contribution < -0.4 is 0 Å². The van der Waals surface area contributed by atoms with Crippen LogP contribution in [0.25, 0.3) is 0 Å². The van der Waals surface area contributed by atoms with Gasteiger partial charge in [0.25, 0.3) is 0 Å². The Morgan fingerprint density at radius 3 is 2.68 bits per heavy atom. The lowest BCUT2D eigenvalue weighted by molar-refractivity contribution is -0.154. The summed E-state index contributed by atoms with van der Waals surface area (Å²) in [5, 5.41) is 0. The second-order valence-corrected chi connectivity index (χ2v) is 4.75.